The number of hydrogen-bond acceptors (Lipinski definition) is 6. The summed E-state index contributed by atoms with van der Waals surface area (Å²) in [6, 6.07) is 11.7. The molecule has 3 aromatic rings. The molecule has 0 saturated carbocycles. The molecule has 2 N–H and O–H groups in total. The summed E-state index contributed by atoms with van der Waals surface area (Å²) in [5.74, 6) is -0.379. The minimum absolute atomic E-state index is 0.0317. The Labute approximate surface area is 221 Å². The molecule has 0 bridgehead atoms. The van der Waals surface area contributed by atoms with Crippen molar-refractivity contribution in [2.45, 2.75) is 39.9 Å². The molecule has 2 aromatic carbocycles. The second-order valence-electron chi connectivity index (χ2n) is 9.51. The number of halogens is 2. The molecule has 11 heteroatoms. The molecular formula is C27H35F2N7O2. The summed E-state index contributed by atoms with van der Waals surface area (Å²) in [5, 5.41) is 14.6. The Kier molecular flexibility index (Phi) is 8.90. The minimum Gasteiger partial charge on any atom is -0.353 e. The fourth-order valence-electron chi connectivity index (χ4n) is 4.67. The van der Waals surface area contributed by atoms with Gasteiger partial charge in [-0.1, -0.05) is 31.2 Å². The number of nitrogens with zero attached hydrogens (tertiary/aromatic N) is 5. The van der Waals surface area contributed by atoms with Crippen molar-refractivity contribution in [1.29, 1.82) is 0 Å². The third-order valence-electron chi connectivity index (χ3n) is 6.68. The highest BCUT2D eigenvalue weighted by atomic mass is 19.3. The van der Waals surface area contributed by atoms with Crippen LogP contribution in [0.2, 0.25) is 0 Å². The largest absolute Gasteiger partial charge is 0.353 e. The lowest BCUT2D eigenvalue weighted by atomic mass is 10.1. The molecule has 0 spiro atoms. The van der Waals surface area contributed by atoms with Gasteiger partial charge in [-0.05, 0) is 42.3 Å². The third-order valence-corrected chi connectivity index (χ3v) is 6.68. The number of aryl methyl sites for hydroxylation is 1. The van der Waals surface area contributed by atoms with Crippen LogP contribution in [0.4, 0.5) is 14.5 Å². The first-order chi connectivity index (χ1) is 18.2. The van der Waals surface area contributed by atoms with Gasteiger partial charge >= 0.3 is 0 Å². The number of alkyl halides is 2. The van der Waals surface area contributed by atoms with E-state index in [0.717, 1.165) is 17.5 Å². The van der Waals surface area contributed by atoms with Crippen LogP contribution < -0.4 is 15.5 Å². The Morgan fingerprint density at radius 3 is 2.47 bits per heavy atom. The fourth-order valence-corrected chi connectivity index (χ4v) is 4.67. The maximum absolute atomic E-state index is 13.4. The number of hydrazine groups is 1. The van der Waals surface area contributed by atoms with Crippen LogP contribution in [-0.2, 0) is 29.2 Å². The average Bonchev–Trinajstić information content (AvgIpc) is 3.48. The van der Waals surface area contributed by atoms with E-state index >= 15 is 0 Å². The first-order valence-electron chi connectivity index (χ1n) is 12.8. The van der Waals surface area contributed by atoms with Gasteiger partial charge in [0.25, 0.3) is 12.3 Å². The number of carbonyl (C=O) groups is 2. The number of fused-ring (bicyclic) bond motifs is 2. The minimum atomic E-state index is -2.52. The molecule has 0 saturated heterocycles. The van der Waals surface area contributed by atoms with Crippen LogP contribution in [0.3, 0.4) is 0 Å². The van der Waals surface area contributed by atoms with Crippen LogP contribution in [0.5, 0.6) is 0 Å². The summed E-state index contributed by atoms with van der Waals surface area (Å²) in [7, 11) is 1.74. The van der Waals surface area contributed by atoms with Crippen molar-refractivity contribution in [3.63, 3.8) is 0 Å². The van der Waals surface area contributed by atoms with Crippen molar-refractivity contribution in [2.75, 3.05) is 44.7 Å². The van der Waals surface area contributed by atoms with Crippen LogP contribution in [-0.4, -0.2) is 77.8 Å². The van der Waals surface area contributed by atoms with Crippen LogP contribution in [0.1, 0.15) is 23.6 Å². The lowest BCUT2D eigenvalue weighted by Gasteiger charge is -2.32. The van der Waals surface area contributed by atoms with Gasteiger partial charge in [0.15, 0.2) is 0 Å². The second kappa shape index (κ2) is 12.3. The number of aromatic nitrogens is 2. The molecule has 0 atom stereocenters. The number of amides is 2. The first kappa shape index (κ1) is 27.5. The van der Waals surface area contributed by atoms with Crippen molar-refractivity contribution in [3.8, 4) is 0 Å². The zero-order chi connectivity index (χ0) is 27.2. The van der Waals surface area contributed by atoms with Gasteiger partial charge in [0, 0.05) is 50.5 Å². The van der Waals surface area contributed by atoms with Gasteiger partial charge in [-0.3, -0.25) is 19.3 Å². The molecular weight excluding hydrogens is 492 g/mol. The predicted octanol–water partition coefficient (Wildman–Crippen LogP) is 2.53. The molecule has 9 nitrogen and oxygen atoms in total. The highest BCUT2D eigenvalue weighted by Crippen LogP contribution is 2.27. The van der Waals surface area contributed by atoms with Crippen LogP contribution in [0.25, 0.3) is 10.9 Å². The Hall–Kier alpha value is -3.57. The fraction of sp³-hybridized carbons (Fsp3) is 0.444. The van der Waals surface area contributed by atoms with Crippen molar-refractivity contribution in [1.82, 2.24) is 30.4 Å². The van der Waals surface area contributed by atoms with Crippen LogP contribution in [0, 0.1) is 6.92 Å². The van der Waals surface area contributed by atoms with Gasteiger partial charge in [-0.2, -0.15) is 5.10 Å². The molecule has 0 radical (unpaired) electrons. The molecule has 38 heavy (non-hydrogen) atoms. The van der Waals surface area contributed by atoms with E-state index < -0.39 is 13.0 Å². The maximum Gasteiger partial charge on any atom is 0.257 e. The molecule has 2 heterocycles. The van der Waals surface area contributed by atoms with Crippen molar-refractivity contribution in [3.05, 3.63) is 59.3 Å². The molecule has 0 fully saturated rings. The van der Waals surface area contributed by atoms with E-state index in [-0.39, 0.29) is 24.9 Å². The Bertz CT molecular complexity index is 1250. The lowest BCUT2D eigenvalue weighted by molar-refractivity contribution is -0.145. The number of anilines is 1. The molecule has 0 aliphatic carbocycles. The van der Waals surface area contributed by atoms with E-state index in [1.165, 1.54) is 15.8 Å². The van der Waals surface area contributed by atoms with Crippen molar-refractivity contribution >= 4 is 28.4 Å². The maximum atomic E-state index is 13.4. The number of hydrogen-bond donors (Lipinski definition) is 2. The van der Waals surface area contributed by atoms with Gasteiger partial charge in [-0.25, -0.2) is 13.8 Å². The van der Waals surface area contributed by atoms with Crippen LogP contribution in [0.15, 0.2) is 42.6 Å². The molecule has 204 valence electrons. The SMILES string of the molecule is CCNCCNC(=O)CN(CC(=O)N(C)N1Cc2ccccc2C1)c1cc2nn(CC(F)F)cc2cc1C. The summed E-state index contributed by atoms with van der Waals surface area (Å²) < 4.78 is 27.0. The quantitative estimate of drug-likeness (QED) is 0.352. The summed E-state index contributed by atoms with van der Waals surface area (Å²) in [4.78, 5) is 28.0. The topological polar surface area (TPSA) is 85.7 Å². The Morgan fingerprint density at radius 1 is 1.11 bits per heavy atom. The molecule has 1 aliphatic heterocycles. The van der Waals surface area contributed by atoms with Gasteiger partial charge in [0.05, 0.1) is 18.6 Å². The van der Waals surface area contributed by atoms with Gasteiger partial charge in [-0.15, -0.1) is 0 Å². The average molecular weight is 528 g/mol. The molecule has 1 aliphatic rings. The second-order valence-corrected chi connectivity index (χ2v) is 9.51. The van der Waals surface area contributed by atoms with Crippen molar-refractivity contribution in [2.24, 2.45) is 0 Å². The molecule has 2 amide bonds. The number of rotatable bonds is 12. The summed E-state index contributed by atoms with van der Waals surface area (Å²) in [5.41, 5.74) is 4.38. The van der Waals surface area contributed by atoms with Gasteiger partial charge in [0.1, 0.15) is 6.54 Å². The van der Waals surface area contributed by atoms with E-state index in [0.29, 0.717) is 37.4 Å². The first-order valence-corrected chi connectivity index (χ1v) is 12.8. The van der Waals surface area contributed by atoms with Crippen LogP contribution >= 0.6 is 0 Å². The Morgan fingerprint density at radius 2 is 1.82 bits per heavy atom. The molecule has 1 aromatic heterocycles. The van der Waals surface area contributed by atoms with E-state index in [1.807, 2.05) is 37.1 Å². The number of nitrogens with one attached hydrogen (secondary N) is 2. The van der Waals surface area contributed by atoms with E-state index in [2.05, 4.69) is 27.9 Å². The van der Waals surface area contributed by atoms with Crippen molar-refractivity contribution < 1.29 is 18.4 Å². The third kappa shape index (κ3) is 6.65. The monoisotopic (exact) mass is 527 g/mol. The summed E-state index contributed by atoms with van der Waals surface area (Å²) >= 11 is 0. The summed E-state index contributed by atoms with van der Waals surface area (Å²) in [6.45, 7) is 6.49. The van der Waals surface area contributed by atoms with E-state index in [4.69, 9.17) is 0 Å². The highest BCUT2D eigenvalue weighted by molar-refractivity contribution is 5.90. The standard InChI is InChI=1S/C27H35F2N7O2/c1-4-30-9-10-31-26(37)17-34(18-27(38)33(3)36-14-20-7-5-6-8-21(20)15-36)24-12-23-22(11-19(24)2)13-35(32-23)16-25(28)29/h5-8,11-13,25,30H,4,9-10,14-18H2,1-3H3,(H,31,37). The highest BCUT2D eigenvalue weighted by Gasteiger charge is 2.27. The number of carbonyl (C=O) groups excluding carboxylic acids is 2. The predicted molar refractivity (Wildman–Crippen MR) is 143 cm³/mol. The van der Waals surface area contributed by atoms with Gasteiger partial charge < -0.3 is 15.5 Å². The molecule has 0 unspecified atom stereocenters. The van der Waals surface area contributed by atoms with E-state index in [9.17, 15) is 18.4 Å². The zero-order valence-corrected chi connectivity index (χ0v) is 22.1. The normalized spacial score (nSPS) is 13.2. The zero-order valence-electron chi connectivity index (χ0n) is 22.1. The van der Waals surface area contributed by atoms with E-state index in [1.54, 1.807) is 29.2 Å². The van der Waals surface area contributed by atoms with Gasteiger partial charge in [0.2, 0.25) is 5.91 Å². The number of likely N-dealkylation sites (N-methyl/N-ethyl adjacent to an activating group) is 2. The molecule has 4 rings (SSSR count). The number of benzene rings is 2. The smallest absolute Gasteiger partial charge is 0.257 e. The summed E-state index contributed by atoms with van der Waals surface area (Å²) in [6.07, 6.45) is -0.933. The Balaban J connectivity index is 1.54. The lowest BCUT2D eigenvalue weighted by Crippen LogP contribution is -2.48.